The quantitative estimate of drug-likeness (QED) is 0.784. The molecule has 1 aliphatic rings. The number of morpholine rings is 1. The van der Waals surface area contributed by atoms with E-state index in [-0.39, 0.29) is 12.1 Å². The molecular weight excluding hydrogens is 316 g/mol. The molecule has 1 saturated heterocycles. The van der Waals surface area contributed by atoms with Crippen LogP contribution in [-0.4, -0.2) is 63.4 Å². The number of aromatic nitrogens is 4. The van der Waals surface area contributed by atoms with E-state index in [0.717, 1.165) is 36.8 Å². The average Bonchev–Trinajstić information content (AvgIpc) is 3.11. The monoisotopic (exact) mass is 338 g/mol. The summed E-state index contributed by atoms with van der Waals surface area (Å²) >= 11 is 0. The molecule has 130 valence electrons. The highest BCUT2D eigenvalue weighted by atomic mass is 16.5. The first-order chi connectivity index (χ1) is 12.2. The highest BCUT2D eigenvalue weighted by molar-refractivity contribution is 5.65. The summed E-state index contributed by atoms with van der Waals surface area (Å²) in [5.74, 6) is 1.45. The third-order valence-electron chi connectivity index (χ3n) is 4.55. The molecule has 2 aromatic heterocycles. The first kappa shape index (κ1) is 16.0. The molecule has 0 aliphatic carbocycles. The van der Waals surface area contributed by atoms with Gasteiger partial charge in [0, 0.05) is 24.7 Å². The number of fused-ring (bicyclic) bond motifs is 1. The molecule has 1 fully saturated rings. The van der Waals surface area contributed by atoms with Gasteiger partial charge in [-0.1, -0.05) is 30.3 Å². The first-order valence-corrected chi connectivity index (χ1v) is 8.53. The van der Waals surface area contributed by atoms with Crippen LogP contribution in [0.4, 0.5) is 5.82 Å². The zero-order valence-corrected chi connectivity index (χ0v) is 14.5. The maximum atomic E-state index is 5.93. The van der Waals surface area contributed by atoms with Crippen LogP contribution in [0.1, 0.15) is 6.92 Å². The fourth-order valence-electron chi connectivity index (χ4n) is 3.11. The summed E-state index contributed by atoms with van der Waals surface area (Å²) in [6.45, 7) is 4.78. The van der Waals surface area contributed by atoms with Gasteiger partial charge in [0.1, 0.15) is 12.1 Å². The Labute approximate surface area is 146 Å². The molecule has 2 atom stereocenters. The summed E-state index contributed by atoms with van der Waals surface area (Å²) in [5, 5.41) is 7.84. The molecule has 7 heteroatoms. The Morgan fingerprint density at radius 2 is 2.12 bits per heavy atom. The molecule has 3 heterocycles. The van der Waals surface area contributed by atoms with E-state index < -0.39 is 0 Å². The van der Waals surface area contributed by atoms with E-state index in [4.69, 9.17) is 4.74 Å². The van der Waals surface area contributed by atoms with Crippen LogP contribution in [0.2, 0.25) is 0 Å². The lowest BCUT2D eigenvalue weighted by Gasteiger charge is -2.34. The lowest BCUT2D eigenvalue weighted by atomic mass is 10.1. The molecule has 3 aromatic rings. The average molecular weight is 338 g/mol. The van der Waals surface area contributed by atoms with Crippen molar-refractivity contribution in [3.8, 4) is 11.3 Å². The second-order valence-corrected chi connectivity index (χ2v) is 6.47. The maximum absolute atomic E-state index is 5.93. The standard InChI is InChI=1S/C18H22N6O/c1-13(16-11-23(2)8-9-25-16)21-17-10-15(14-6-4-3-5-7-14)22-18-19-12-20-24(17)18/h3-7,10,12-13,16,21H,8-9,11H2,1-2H3. The van der Waals surface area contributed by atoms with Crippen molar-refractivity contribution in [3.63, 3.8) is 0 Å². The third kappa shape index (κ3) is 3.33. The second-order valence-electron chi connectivity index (χ2n) is 6.47. The minimum Gasteiger partial charge on any atom is -0.373 e. The topological polar surface area (TPSA) is 67.6 Å². The van der Waals surface area contributed by atoms with Gasteiger partial charge >= 0.3 is 0 Å². The minimum absolute atomic E-state index is 0.130. The summed E-state index contributed by atoms with van der Waals surface area (Å²) in [6.07, 6.45) is 1.66. The molecule has 1 aromatic carbocycles. The predicted molar refractivity (Wildman–Crippen MR) is 96.5 cm³/mol. The highest BCUT2D eigenvalue weighted by Crippen LogP contribution is 2.22. The van der Waals surface area contributed by atoms with Gasteiger partial charge in [-0.05, 0) is 14.0 Å². The number of likely N-dealkylation sites (N-methyl/N-ethyl adjacent to an activating group) is 1. The number of anilines is 1. The summed E-state index contributed by atoms with van der Waals surface area (Å²) in [5.41, 5.74) is 1.93. The number of rotatable bonds is 4. The van der Waals surface area contributed by atoms with Crippen molar-refractivity contribution in [1.29, 1.82) is 0 Å². The Hall–Kier alpha value is -2.51. The van der Waals surface area contributed by atoms with Gasteiger partial charge in [-0.3, -0.25) is 0 Å². The SMILES string of the molecule is CC(Nc1cc(-c2ccccc2)nc2ncnn12)C1CN(C)CCO1. The van der Waals surface area contributed by atoms with Gasteiger partial charge in [-0.2, -0.15) is 14.6 Å². The molecule has 2 unspecified atom stereocenters. The molecule has 0 radical (unpaired) electrons. The number of nitrogens with zero attached hydrogens (tertiary/aromatic N) is 5. The molecule has 0 amide bonds. The lowest BCUT2D eigenvalue weighted by molar-refractivity contribution is -0.0260. The Kier molecular flexibility index (Phi) is 4.33. The van der Waals surface area contributed by atoms with Crippen LogP contribution in [0.15, 0.2) is 42.7 Å². The zero-order chi connectivity index (χ0) is 17.2. The van der Waals surface area contributed by atoms with Gasteiger partial charge in [0.05, 0.1) is 24.4 Å². The van der Waals surface area contributed by atoms with Crippen molar-refractivity contribution >= 4 is 11.6 Å². The van der Waals surface area contributed by atoms with Gasteiger partial charge in [-0.15, -0.1) is 0 Å². The molecule has 7 nitrogen and oxygen atoms in total. The van der Waals surface area contributed by atoms with E-state index in [0.29, 0.717) is 5.78 Å². The summed E-state index contributed by atoms with van der Waals surface area (Å²) in [4.78, 5) is 11.2. The van der Waals surface area contributed by atoms with E-state index in [1.165, 1.54) is 6.33 Å². The molecule has 0 bridgehead atoms. The van der Waals surface area contributed by atoms with Crippen LogP contribution in [0, 0.1) is 0 Å². The molecule has 1 aliphatic heterocycles. The van der Waals surface area contributed by atoms with Gasteiger partial charge in [0.15, 0.2) is 0 Å². The van der Waals surface area contributed by atoms with E-state index in [1.54, 1.807) is 4.52 Å². The lowest BCUT2D eigenvalue weighted by Crippen LogP contribution is -2.47. The van der Waals surface area contributed by atoms with Crippen molar-refractivity contribution in [3.05, 3.63) is 42.7 Å². The molecule has 25 heavy (non-hydrogen) atoms. The summed E-state index contributed by atoms with van der Waals surface area (Å²) in [7, 11) is 2.12. The number of ether oxygens (including phenoxy) is 1. The van der Waals surface area contributed by atoms with Gasteiger partial charge in [-0.25, -0.2) is 4.98 Å². The van der Waals surface area contributed by atoms with E-state index in [2.05, 4.69) is 39.3 Å². The van der Waals surface area contributed by atoms with Crippen molar-refractivity contribution in [1.82, 2.24) is 24.5 Å². The smallest absolute Gasteiger partial charge is 0.254 e. The van der Waals surface area contributed by atoms with Gasteiger partial charge < -0.3 is 15.0 Å². The fourth-order valence-corrected chi connectivity index (χ4v) is 3.11. The first-order valence-electron chi connectivity index (χ1n) is 8.53. The van der Waals surface area contributed by atoms with Crippen molar-refractivity contribution in [2.45, 2.75) is 19.1 Å². The van der Waals surface area contributed by atoms with Crippen LogP contribution < -0.4 is 5.32 Å². The van der Waals surface area contributed by atoms with Crippen LogP contribution in [0.25, 0.3) is 17.0 Å². The Balaban J connectivity index is 1.65. The normalized spacial score (nSPS) is 19.8. The number of nitrogens with one attached hydrogen (secondary N) is 1. The molecular formula is C18H22N6O. The van der Waals surface area contributed by atoms with Crippen LogP contribution >= 0.6 is 0 Å². The van der Waals surface area contributed by atoms with E-state index >= 15 is 0 Å². The zero-order valence-electron chi connectivity index (χ0n) is 14.5. The van der Waals surface area contributed by atoms with Crippen LogP contribution in [0.5, 0.6) is 0 Å². The third-order valence-corrected chi connectivity index (χ3v) is 4.55. The van der Waals surface area contributed by atoms with Crippen molar-refractivity contribution < 1.29 is 4.74 Å². The Bertz CT molecular complexity index is 849. The summed E-state index contributed by atoms with van der Waals surface area (Å²) < 4.78 is 7.66. The molecule has 0 saturated carbocycles. The predicted octanol–water partition coefficient (Wildman–Crippen LogP) is 1.92. The molecule has 1 N–H and O–H groups in total. The minimum atomic E-state index is 0.130. The number of hydrogen-bond donors (Lipinski definition) is 1. The Morgan fingerprint density at radius 3 is 2.92 bits per heavy atom. The second kappa shape index (κ2) is 6.78. The van der Waals surface area contributed by atoms with Crippen LogP contribution in [0.3, 0.4) is 0 Å². The van der Waals surface area contributed by atoms with Crippen molar-refractivity contribution in [2.24, 2.45) is 0 Å². The molecule has 0 spiro atoms. The fraction of sp³-hybridized carbons (Fsp3) is 0.389. The van der Waals surface area contributed by atoms with E-state index in [1.807, 2.05) is 36.4 Å². The maximum Gasteiger partial charge on any atom is 0.254 e. The van der Waals surface area contributed by atoms with Crippen molar-refractivity contribution in [2.75, 3.05) is 32.1 Å². The Morgan fingerprint density at radius 1 is 1.28 bits per heavy atom. The number of hydrogen-bond acceptors (Lipinski definition) is 6. The molecule has 4 rings (SSSR count). The van der Waals surface area contributed by atoms with Crippen LogP contribution in [-0.2, 0) is 4.74 Å². The van der Waals surface area contributed by atoms with Gasteiger partial charge in [0.25, 0.3) is 5.78 Å². The largest absolute Gasteiger partial charge is 0.373 e. The van der Waals surface area contributed by atoms with E-state index in [9.17, 15) is 0 Å². The highest BCUT2D eigenvalue weighted by Gasteiger charge is 2.24. The number of benzene rings is 1. The summed E-state index contributed by atoms with van der Waals surface area (Å²) in [6, 6.07) is 12.3. The van der Waals surface area contributed by atoms with Gasteiger partial charge in [0.2, 0.25) is 0 Å².